The first-order valence-corrected chi connectivity index (χ1v) is 8.57. The van der Waals surface area contributed by atoms with Gasteiger partial charge in [-0.3, -0.25) is 9.78 Å². The highest BCUT2D eigenvalue weighted by atomic mass is 16.5. The largest absolute Gasteiger partial charge is 0.366 e. The number of rotatable bonds is 5. The minimum Gasteiger partial charge on any atom is -0.366 e. The monoisotopic (exact) mass is 358 g/mol. The molecule has 1 unspecified atom stereocenters. The minimum atomic E-state index is -0.507. The van der Waals surface area contributed by atoms with E-state index in [2.05, 4.69) is 10.1 Å². The van der Waals surface area contributed by atoms with Crippen molar-refractivity contribution in [1.82, 2.24) is 10.1 Å². The van der Waals surface area contributed by atoms with Gasteiger partial charge in [0.1, 0.15) is 5.69 Å². The number of nitrogens with zero attached hydrogens (tertiary/aromatic N) is 2. The van der Waals surface area contributed by atoms with Crippen molar-refractivity contribution >= 4 is 16.9 Å². The smallest absolute Gasteiger partial charge is 0.248 e. The molecule has 2 heterocycles. The molecule has 4 rings (SSSR count). The maximum absolute atomic E-state index is 11.4. The van der Waals surface area contributed by atoms with Crippen LogP contribution in [-0.2, 0) is 6.42 Å². The number of fused-ring (bicyclic) bond motifs is 1. The van der Waals surface area contributed by atoms with E-state index in [0.29, 0.717) is 23.3 Å². The van der Waals surface area contributed by atoms with Crippen LogP contribution in [0, 0.1) is 0 Å². The Morgan fingerprint density at radius 2 is 1.89 bits per heavy atom. The molecule has 0 radical (unpaired) electrons. The van der Waals surface area contributed by atoms with Crippen LogP contribution >= 0.6 is 0 Å². The fraction of sp³-hybridized carbons (Fsp3) is 0.0952. The summed E-state index contributed by atoms with van der Waals surface area (Å²) in [5.74, 6) is -0.507. The summed E-state index contributed by atoms with van der Waals surface area (Å²) in [5, 5.41) is 5.02. The number of nitrogens with two attached hydrogens (primary N) is 2. The van der Waals surface area contributed by atoms with Gasteiger partial charge in [-0.25, -0.2) is 0 Å². The maximum atomic E-state index is 11.4. The van der Waals surface area contributed by atoms with Crippen LogP contribution in [-0.4, -0.2) is 16.0 Å². The third-order valence-corrected chi connectivity index (χ3v) is 4.53. The van der Waals surface area contributed by atoms with E-state index in [-0.39, 0.29) is 6.04 Å². The summed E-state index contributed by atoms with van der Waals surface area (Å²) in [6.45, 7) is 0. The molecule has 0 fully saturated rings. The number of carbonyl (C=O) groups excluding carboxylic acids is 1. The number of pyridine rings is 1. The first-order chi connectivity index (χ1) is 13.1. The van der Waals surface area contributed by atoms with Crippen LogP contribution in [0.2, 0.25) is 0 Å². The third-order valence-electron chi connectivity index (χ3n) is 4.53. The Morgan fingerprint density at radius 3 is 2.67 bits per heavy atom. The van der Waals surface area contributed by atoms with Crippen molar-refractivity contribution in [2.75, 3.05) is 0 Å². The van der Waals surface area contributed by atoms with Gasteiger partial charge in [-0.05, 0) is 35.9 Å². The van der Waals surface area contributed by atoms with Crippen LogP contribution in [0.1, 0.15) is 27.7 Å². The molecule has 6 heteroatoms. The first-order valence-electron chi connectivity index (χ1n) is 8.57. The second-order valence-electron chi connectivity index (χ2n) is 6.33. The molecular formula is C21H18N4O2. The zero-order chi connectivity index (χ0) is 18.8. The first kappa shape index (κ1) is 16.9. The highest BCUT2D eigenvalue weighted by Gasteiger charge is 2.18. The summed E-state index contributed by atoms with van der Waals surface area (Å²) < 4.78 is 5.44. The van der Waals surface area contributed by atoms with Crippen molar-refractivity contribution in [1.29, 1.82) is 0 Å². The lowest BCUT2D eigenvalue weighted by Gasteiger charge is -2.15. The molecule has 6 nitrogen and oxygen atoms in total. The molecule has 0 aliphatic heterocycles. The van der Waals surface area contributed by atoms with Crippen LogP contribution < -0.4 is 11.5 Å². The fourth-order valence-electron chi connectivity index (χ4n) is 3.18. The predicted octanol–water partition coefficient (Wildman–Crippen LogP) is 3.23. The topological polar surface area (TPSA) is 108 Å². The van der Waals surface area contributed by atoms with Crippen LogP contribution in [0.5, 0.6) is 0 Å². The average Bonchev–Trinajstić information content (AvgIpc) is 3.11. The van der Waals surface area contributed by atoms with E-state index in [1.54, 1.807) is 24.4 Å². The van der Waals surface area contributed by atoms with E-state index in [1.165, 1.54) is 0 Å². The van der Waals surface area contributed by atoms with Crippen molar-refractivity contribution in [3.63, 3.8) is 0 Å². The van der Waals surface area contributed by atoms with E-state index >= 15 is 0 Å². The summed E-state index contributed by atoms with van der Waals surface area (Å²) in [6, 6.07) is 18.4. The molecule has 0 bridgehead atoms. The van der Waals surface area contributed by atoms with Gasteiger partial charge < -0.3 is 16.0 Å². The number of benzene rings is 2. The quantitative estimate of drug-likeness (QED) is 0.569. The molecular weight excluding hydrogens is 340 g/mol. The van der Waals surface area contributed by atoms with Gasteiger partial charge in [-0.15, -0.1) is 0 Å². The van der Waals surface area contributed by atoms with Crippen molar-refractivity contribution in [3.8, 4) is 11.3 Å². The van der Waals surface area contributed by atoms with Gasteiger partial charge in [0, 0.05) is 40.9 Å². The molecule has 0 aliphatic carbocycles. The van der Waals surface area contributed by atoms with Crippen molar-refractivity contribution in [3.05, 3.63) is 83.7 Å². The highest BCUT2D eigenvalue weighted by Crippen LogP contribution is 2.33. The number of hydrogen-bond acceptors (Lipinski definition) is 5. The standard InChI is InChI=1S/C21H18N4O2/c22-18(12-14-5-3-4-10-24-14)15-6-1-2-7-16(15)20-17-9-8-13(21(23)26)11-19(17)27-25-20/h1-11,18H,12,22H2,(H2,23,26). The lowest BCUT2D eigenvalue weighted by Crippen LogP contribution is -2.15. The Morgan fingerprint density at radius 1 is 1.07 bits per heavy atom. The summed E-state index contributed by atoms with van der Waals surface area (Å²) >= 11 is 0. The van der Waals surface area contributed by atoms with Crippen LogP contribution in [0.25, 0.3) is 22.2 Å². The Kier molecular flexibility index (Phi) is 4.40. The Bertz CT molecular complexity index is 1110. The van der Waals surface area contributed by atoms with Crippen LogP contribution in [0.4, 0.5) is 0 Å². The zero-order valence-corrected chi connectivity index (χ0v) is 14.5. The second kappa shape index (κ2) is 7.01. The highest BCUT2D eigenvalue weighted by molar-refractivity contribution is 5.99. The van der Waals surface area contributed by atoms with E-state index in [1.807, 2.05) is 42.5 Å². The van der Waals surface area contributed by atoms with Gasteiger partial charge in [0.2, 0.25) is 5.91 Å². The minimum absolute atomic E-state index is 0.243. The lowest BCUT2D eigenvalue weighted by molar-refractivity contribution is 0.100. The van der Waals surface area contributed by atoms with Gasteiger partial charge in [0.25, 0.3) is 0 Å². The normalized spacial score (nSPS) is 12.2. The Balaban J connectivity index is 1.75. The Labute approximate surface area is 155 Å². The second-order valence-corrected chi connectivity index (χ2v) is 6.33. The summed E-state index contributed by atoms with van der Waals surface area (Å²) in [6.07, 6.45) is 2.37. The van der Waals surface area contributed by atoms with Crippen LogP contribution in [0.3, 0.4) is 0 Å². The number of aromatic nitrogens is 2. The predicted molar refractivity (Wildman–Crippen MR) is 103 cm³/mol. The molecule has 2 aromatic heterocycles. The van der Waals surface area contributed by atoms with Gasteiger partial charge in [0.05, 0.1) is 0 Å². The molecule has 0 saturated heterocycles. The van der Waals surface area contributed by atoms with Crippen molar-refractivity contribution in [2.45, 2.75) is 12.5 Å². The number of carbonyl (C=O) groups is 1. The summed E-state index contributed by atoms with van der Waals surface area (Å²) in [4.78, 5) is 15.7. The summed E-state index contributed by atoms with van der Waals surface area (Å²) in [5.41, 5.74) is 16.2. The van der Waals surface area contributed by atoms with Gasteiger partial charge in [0.15, 0.2) is 5.58 Å². The molecule has 27 heavy (non-hydrogen) atoms. The SMILES string of the molecule is NC(=O)c1ccc2c(-c3ccccc3C(N)Cc3ccccn3)noc2c1. The van der Waals surface area contributed by atoms with Crippen molar-refractivity contribution < 1.29 is 9.32 Å². The Hall–Kier alpha value is -3.51. The third kappa shape index (κ3) is 3.30. The summed E-state index contributed by atoms with van der Waals surface area (Å²) in [7, 11) is 0. The average molecular weight is 358 g/mol. The van der Waals surface area contributed by atoms with E-state index in [0.717, 1.165) is 22.2 Å². The van der Waals surface area contributed by atoms with Gasteiger partial charge in [-0.2, -0.15) is 0 Å². The molecule has 0 aliphatic rings. The molecule has 2 aromatic carbocycles. The number of primary amides is 1. The van der Waals surface area contributed by atoms with Crippen LogP contribution in [0.15, 0.2) is 71.4 Å². The molecule has 4 aromatic rings. The molecule has 134 valence electrons. The molecule has 1 atom stereocenters. The molecule has 0 spiro atoms. The van der Waals surface area contributed by atoms with E-state index in [4.69, 9.17) is 16.0 Å². The number of amides is 1. The number of hydrogen-bond donors (Lipinski definition) is 2. The molecule has 1 amide bonds. The molecule has 4 N–H and O–H groups in total. The fourth-order valence-corrected chi connectivity index (χ4v) is 3.18. The van der Waals surface area contributed by atoms with Gasteiger partial charge >= 0.3 is 0 Å². The van der Waals surface area contributed by atoms with E-state index in [9.17, 15) is 4.79 Å². The van der Waals surface area contributed by atoms with Crippen molar-refractivity contribution in [2.24, 2.45) is 11.5 Å². The zero-order valence-electron chi connectivity index (χ0n) is 14.5. The maximum Gasteiger partial charge on any atom is 0.248 e. The lowest BCUT2D eigenvalue weighted by atomic mass is 9.94. The van der Waals surface area contributed by atoms with Gasteiger partial charge in [-0.1, -0.05) is 35.5 Å². The molecule has 0 saturated carbocycles. The van der Waals surface area contributed by atoms with E-state index < -0.39 is 5.91 Å².